The van der Waals surface area contributed by atoms with Crippen LogP contribution in [0, 0.1) is 0 Å². The minimum absolute atomic E-state index is 0.0373. The fourth-order valence-corrected chi connectivity index (χ4v) is 2.09. The summed E-state index contributed by atoms with van der Waals surface area (Å²) in [6.07, 6.45) is -6.18. The van der Waals surface area contributed by atoms with E-state index in [1.807, 2.05) is 20.8 Å². The number of rotatable bonds is 1. The summed E-state index contributed by atoms with van der Waals surface area (Å²) in [5.74, 6) is -1.60. The van der Waals surface area contributed by atoms with E-state index in [1.54, 1.807) is 12.1 Å². The van der Waals surface area contributed by atoms with Crippen molar-refractivity contribution in [1.29, 1.82) is 0 Å². The Kier molecular flexibility index (Phi) is 3.51. The predicted octanol–water partition coefficient (Wildman–Crippen LogP) is 3.78. The van der Waals surface area contributed by atoms with Gasteiger partial charge in [-0.05, 0) is 29.2 Å². The van der Waals surface area contributed by atoms with Crippen molar-refractivity contribution in [3.8, 4) is 5.75 Å². The van der Waals surface area contributed by atoms with E-state index in [9.17, 15) is 18.0 Å². The van der Waals surface area contributed by atoms with Crippen molar-refractivity contribution in [3.63, 3.8) is 0 Å². The fourth-order valence-electron chi connectivity index (χ4n) is 2.09. The van der Waals surface area contributed by atoms with Crippen molar-refractivity contribution in [2.45, 2.75) is 38.5 Å². The second kappa shape index (κ2) is 4.79. The molecule has 1 heterocycles. The van der Waals surface area contributed by atoms with Crippen molar-refractivity contribution in [2.75, 3.05) is 0 Å². The quantitative estimate of drug-likeness (QED) is 0.858. The molecule has 1 aromatic rings. The Hall–Kier alpha value is -1.98. The Bertz CT molecular complexity index is 610. The van der Waals surface area contributed by atoms with E-state index in [0.717, 1.165) is 11.6 Å². The third kappa shape index (κ3) is 3.04. The first-order chi connectivity index (χ1) is 9.50. The average Bonchev–Trinajstić information content (AvgIpc) is 2.34. The molecule has 0 bridgehead atoms. The molecule has 3 nitrogen and oxygen atoms in total. The highest BCUT2D eigenvalue weighted by molar-refractivity contribution is 5.95. The van der Waals surface area contributed by atoms with Gasteiger partial charge < -0.3 is 9.84 Å². The van der Waals surface area contributed by atoms with Gasteiger partial charge in [0, 0.05) is 5.56 Å². The van der Waals surface area contributed by atoms with Crippen molar-refractivity contribution in [3.05, 3.63) is 34.9 Å². The molecule has 0 aliphatic carbocycles. The summed E-state index contributed by atoms with van der Waals surface area (Å²) in [6, 6.07) is 4.79. The Morgan fingerprint density at radius 2 is 1.86 bits per heavy atom. The van der Waals surface area contributed by atoms with Gasteiger partial charge in [0.2, 0.25) is 6.10 Å². The normalized spacial score (nSPS) is 18.6. The molecule has 0 amide bonds. The van der Waals surface area contributed by atoms with Crippen LogP contribution in [-0.2, 0) is 10.2 Å². The molecule has 6 heteroatoms. The van der Waals surface area contributed by atoms with Gasteiger partial charge >= 0.3 is 12.1 Å². The number of alkyl halides is 3. The molecule has 0 radical (unpaired) electrons. The topological polar surface area (TPSA) is 46.5 Å². The first kappa shape index (κ1) is 15.4. The molecule has 0 aromatic heterocycles. The van der Waals surface area contributed by atoms with Crippen molar-refractivity contribution < 1.29 is 27.8 Å². The van der Waals surface area contributed by atoms with Crippen LogP contribution in [0.25, 0.3) is 6.08 Å². The molecule has 1 N–H and O–H groups in total. The molecule has 1 atom stereocenters. The number of hydrogen-bond acceptors (Lipinski definition) is 2. The van der Waals surface area contributed by atoms with Gasteiger partial charge in [0.05, 0.1) is 5.57 Å². The molecule has 0 saturated carbocycles. The van der Waals surface area contributed by atoms with Gasteiger partial charge in [0.25, 0.3) is 0 Å². The first-order valence-electron chi connectivity index (χ1n) is 6.33. The lowest BCUT2D eigenvalue weighted by atomic mass is 9.85. The van der Waals surface area contributed by atoms with E-state index < -0.39 is 23.8 Å². The molecule has 1 aliphatic rings. The molecule has 1 aliphatic heterocycles. The number of fused-ring (bicyclic) bond motifs is 1. The summed E-state index contributed by atoms with van der Waals surface area (Å²) in [5, 5.41) is 8.98. The molecule has 2 rings (SSSR count). The molecular formula is C15H15F3O3. The standard InChI is InChI=1S/C15H15F3O3/c1-14(2,3)9-4-5-11-8(6-9)7-10(13(19)20)12(21-11)15(16,17)18/h4-7,12H,1-3H3,(H,19,20)/t12-/m0/s1. The Morgan fingerprint density at radius 3 is 2.33 bits per heavy atom. The van der Waals surface area contributed by atoms with Crippen LogP contribution in [0.3, 0.4) is 0 Å². The van der Waals surface area contributed by atoms with Gasteiger partial charge in [-0.3, -0.25) is 0 Å². The van der Waals surface area contributed by atoms with E-state index in [0.29, 0.717) is 5.56 Å². The van der Waals surface area contributed by atoms with Crippen LogP contribution in [0.2, 0.25) is 0 Å². The maximum atomic E-state index is 12.9. The van der Waals surface area contributed by atoms with Crippen molar-refractivity contribution >= 4 is 12.0 Å². The van der Waals surface area contributed by atoms with Gasteiger partial charge in [-0.15, -0.1) is 0 Å². The highest BCUT2D eigenvalue weighted by Crippen LogP contribution is 2.38. The van der Waals surface area contributed by atoms with E-state index >= 15 is 0 Å². The summed E-state index contributed by atoms with van der Waals surface area (Å²) in [4.78, 5) is 11.1. The summed E-state index contributed by atoms with van der Waals surface area (Å²) in [5.41, 5.74) is 0.227. The molecule has 1 aromatic carbocycles. The van der Waals surface area contributed by atoms with Crippen molar-refractivity contribution in [1.82, 2.24) is 0 Å². The van der Waals surface area contributed by atoms with Gasteiger partial charge in [0.1, 0.15) is 5.75 Å². The molecule has 114 valence electrons. The number of ether oxygens (including phenoxy) is 1. The highest BCUT2D eigenvalue weighted by atomic mass is 19.4. The SMILES string of the molecule is CC(C)(C)c1ccc2c(c1)C=C(C(=O)O)[C@@H](C(F)(F)F)O2. The molecule has 0 spiro atoms. The molecular weight excluding hydrogens is 285 g/mol. The number of carboxylic acids is 1. The number of halogens is 3. The summed E-state index contributed by atoms with van der Waals surface area (Å²) in [7, 11) is 0. The lowest BCUT2D eigenvalue weighted by Crippen LogP contribution is -2.40. The highest BCUT2D eigenvalue weighted by Gasteiger charge is 2.48. The van der Waals surface area contributed by atoms with Crippen LogP contribution in [0.4, 0.5) is 13.2 Å². The molecule has 0 fully saturated rings. The third-order valence-corrected chi connectivity index (χ3v) is 3.26. The molecule has 21 heavy (non-hydrogen) atoms. The first-order valence-corrected chi connectivity index (χ1v) is 6.33. The van der Waals surface area contributed by atoms with E-state index in [4.69, 9.17) is 9.84 Å². The van der Waals surface area contributed by atoms with Crippen molar-refractivity contribution in [2.24, 2.45) is 0 Å². The number of benzene rings is 1. The summed E-state index contributed by atoms with van der Waals surface area (Å²) < 4.78 is 43.5. The number of carbonyl (C=O) groups is 1. The minimum atomic E-state index is -4.77. The van der Waals surface area contributed by atoms with Crippen LogP contribution in [0.1, 0.15) is 31.9 Å². The monoisotopic (exact) mass is 300 g/mol. The second-order valence-electron chi connectivity index (χ2n) is 5.95. The molecule has 0 unspecified atom stereocenters. The molecule has 0 saturated heterocycles. The maximum absolute atomic E-state index is 12.9. The third-order valence-electron chi connectivity index (χ3n) is 3.26. The van der Waals surface area contributed by atoms with Gasteiger partial charge in [-0.1, -0.05) is 26.8 Å². The lowest BCUT2D eigenvalue weighted by Gasteiger charge is -2.28. The second-order valence-corrected chi connectivity index (χ2v) is 5.95. The zero-order valence-electron chi connectivity index (χ0n) is 11.8. The predicted molar refractivity (Wildman–Crippen MR) is 71.2 cm³/mol. The Labute approximate surface area is 120 Å². The fraction of sp³-hybridized carbons (Fsp3) is 0.400. The maximum Gasteiger partial charge on any atom is 0.430 e. The number of aliphatic carboxylic acids is 1. The van der Waals surface area contributed by atoms with Gasteiger partial charge in [0.15, 0.2) is 0 Å². The zero-order valence-corrected chi connectivity index (χ0v) is 11.8. The van der Waals surface area contributed by atoms with Crippen LogP contribution < -0.4 is 4.74 Å². The Balaban J connectivity index is 2.54. The van der Waals surface area contributed by atoms with E-state index in [1.165, 1.54) is 6.07 Å². The number of carboxylic acid groups (broad SMARTS) is 1. The Morgan fingerprint density at radius 1 is 1.24 bits per heavy atom. The van der Waals surface area contributed by atoms with Crippen LogP contribution in [0.5, 0.6) is 5.75 Å². The van der Waals surface area contributed by atoms with Gasteiger partial charge in [-0.2, -0.15) is 13.2 Å². The minimum Gasteiger partial charge on any atom is -0.478 e. The summed E-state index contributed by atoms with van der Waals surface area (Å²) in [6.45, 7) is 5.87. The van der Waals surface area contributed by atoms with Gasteiger partial charge in [-0.25, -0.2) is 4.79 Å². The smallest absolute Gasteiger partial charge is 0.430 e. The van der Waals surface area contributed by atoms with Crippen LogP contribution in [0.15, 0.2) is 23.8 Å². The largest absolute Gasteiger partial charge is 0.478 e. The van der Waals surface area contributed by atoms with E-state index in [-0.39, 0.29) is 11.2 Å². The number of hydrogen-bond donors (Lipinski definition) is 1. The summed E-state index contributed by atoms with van der Waals surface area (Å²) >= 11 is 0. The van der Waals surface area contributed by atoms with E-state index in [2.05, 4.69) is 0 Å². The van der Waals surface area contributed by atoms with Crippen LogP contribution in [-0.4, -0.2) is 23.4 Å². The zero-order chi connectivity index (χ0) is 16.0. The lowest BCUT2D eigenvalue weighted by molar-refractivity contribution is -0.187. The van der Waals surface area contributed by atoms with Crippen LogP contribution >= 0.6 is 0 Å². The average molecular weight is 300 g/mol.